The van der Waals surface area contributed by atoms with Crippen LogP contribution in [0.1, 0.15) is 63.2 Å². The fraction of sp³-hybridized carbons (Fsp3) is 0.765. The van der Waals surface area contributed by atoms with E-state index in [1.54, 1.807) is 4.88 Å². The Morgan fingerprint density at radius 2 is 2.11 bits per heavy atom. The summed E-state index contributed by atoms with van der Waals surface area (Å²) in [5.41, 5.74) is 0. The van der Waals surface area contributed by atoms with E-state index in [1.807, 2.05) is 11.3 Å². The van der Waals surface area contributed by atoms with Crippen LogP contribution in [0.25, 0.3) is 0 Å². The van der Waals surface area contributed by atoms with Gasteiger partial charge in [0.1, 0.15) is 0 Å². The Hall–Kier alpha value is -0.340. The van der Waals surface area contributed by atoms with Gasteiger partial charge in [-0.3, -0.25) is 0 Å². The van der Waals surface area contributed by atoms with Gasteiger partial charge < -0.3 is 5.32 Å². The maximum atomic E-state index is 3.69. The first kappa shape index (κ1) is 15.1. The Balaban J connectivity index is 1.68. The van der Waals surface area contributed by atoms with Gasteiger partial charge in [-0.05, 0) is 49.6 Å². The second-order valence-corrected chi connectivity index (χ2v) is 6.99. The van der Waals surface area contributed by atoms with Gasteiger partial charge in [-0.2, -0.15) is 0 Å². The molecule has 1 aromatic rings. The number of rotatable bonds is 8. The minimum atomic E-state index is 0.731. The van der Waals surface area contributed by atoms with Gasteiger partial charge in [0.05, 0.1) is 0 Å². The molecular formula is C17H29NS. The Morgan fingerprint density at radius 3 is 2.79 bits per heavy atom. The lowest BCUT2D eigenvalue weighted by molar-refractivity contribution is 0.310. The standard InChI is InChI=1S/C17H29NS/c1-2-18-16(12-13-17-9-6-14-19-17)11-10-15-7-4-3-5-8-15/h6,9,14-16,18H,2-5,7-8,10-13H2,1H3. The van der Waals surface area contributed by atoms with Crippen LogP contribution in [0.3, 0.4) is 0 Å². The van der Waals surface area contributed by atoms with Crippen LogP contribution < -0.4 is 5.32 Å². The zero-order valence-corrected chi connectivity index (χ0v) is 13.2. The molecule has 1 aliphatic rings. The molecule has 1 fully saturated rings. The Labute approximate surface area is 122 Å². The number of hydrogen-bond donors (Lipinski definition) is 1. The van der Waals surface area contributed by atoms with E-state index < -0.39 is 0 Å². The van der Waals surface area contributed by atoms with Gasteiger partial charge in [0.2, 0.25) is 0 Å². The quantitative estimate of drug-likeness (QED) is 0.704. The van der Waals surface area contributed by atoms with E-state index in [4.69, 9.17) is 0 Å². The molecule has 1 aliphatic carbocycles. The molecular weight excluding hydrogens is 250 g/mol. The molecule has 1 heterocycles. The van der Waals surface area contributed by atoms with Crippen molar-refractivity contribution < 1.29 is 0 Å². The zero-order chi connectivity index (χ0) is 13.3. The molecule has 0 aromatic carbocycles. The molecule has 1 atom stereocenters. The average Bonchev–Trinajstić information content (AvgIpc) is 2.96. The monoisotopic (exact) mass is 279 g/mol. The molecule has 2 heteroatoms. The maximum absolute atomic E-state index is 3.69. The zero-order valence-electron chi connectivity index (χ0n) is 12.4. The molecule has 2 rings (SSSR count). The van der Waals surface area contributed by atoms with Crippen LogP contribution in [0.2, 0.25) is 0 Å². The number of aryl methyl sites for hydroxylation is 1. The third kappa shape index (κ3) is 5.66. The summed E-state index contributed by atoms with van der Waals surface area (Å²) in [6.07, 6.45) is 12.8. The summed E-state index contributed by atoms with van der Waals surface area (Å²) in [5.74, 6) is 1.02. The molecule has 0 radical (unpaired) electrons. The second kappa shape index (κ2) is 8.76. The Bertz CT molecular complexity index is 314. The highest BCUT2D eigenvalue weighted by Crippen LogP contribution is 2.28. The highest BCUT2D eigenvalue weighted by atomic mass is 32.1. The topological polar surface area (TPSA) is 12.0 Å². The minimum absolute atomic E-state index is 0.731. The van der Waals surface area contributed by atoms with Crippen molar-refractivity contribution in [1.82, 2.24) is 5.32 Å². The van der Waals surface area contributed by atoms with Gasteiger partial charge in [0.25, 0.3) is 0 Å². The van der Waals surface area contributed by atoms with E-state index in [0.29, 0.717) is 0 Å². The van der Waals surface area contributed by atoms with Crippen molar-refractivity contribution in [3.63, 3.8) is 0 Å². The molecule has 1 unspecified atom stereocenters. The van der Waals surface area contributed by atoms with Crippen molar-refractivity contribution in [3.05, 3.63) is 22.4 Å². The summed E-state index contributed by atoms with van der Waals surface area (Å²) in [4.78, 5) is 1.54. The lowest BCUT2D eigenvalue weighted by atomic mass is 9.85. The molecule has 0 aliphatic heterocycles. The van der Waals surface area contributed by atoms with Crippen molar-refractivity contribution in [2.24, 2.45) is 5.92 Å². The molecule has 1 N–H and O–H groups in total. The maximum Gasteiger partial charge on any atom is 0.00705 e. The van der Waals surface area contributed by atoms with Crippen molar-refractivity contribution >= 4 is 11.3 Å². The van der Waals surface area contributed by atoms with Gasteiger partial charge in [0.15, 0.2) is 0 Å². The van der Waals surface area contributed by atoms with Gasteiger partial charge in [-0.15, -0.1) is 11.3 Å². The smallest absolute Gasteiger partial charge is 0.00705 e. The van der Waals surface area contributed by atoms with Gasteiger partial charge in [-0.1, -0.05) is 45.1 Å². The molecule has 0 saturated heterocycles. The average molecular weight is 279 g/mol. The Kier molecular flexibility index (Phi) is 6.94. The predicted octanol–water partition coefficient (Wildman–Crippen LogP) is 5.02. The van der Waals surface area contributed by atoms with Crippen molar-refractivity contribution in [2.45, 2.75) is 70.8 Å². The van der Waals surface area contributed by atoms with Crippen molar-refractivity contribution in [3.8, 4) is 0 Å². The van der Waals surface area contributed by atoms with Crippen LogP contribution >= 0.6 is 11.3 Å². The third-order valence-corrected chi connectivity index (χ3v) is 5.40. The van der Waals surface area contributed by atoms with Gasteiger partial charge in [-0.25, -0.2) is 0 Å². The summed E-state index contributed by atoms with van der Waals surface area (Å²) >= 11 is 1.90. The minimum Gasteiger partial charge on any atom is -0.314 e. The van der Waals surface area contributed by atoms with Crippen LogP contribution in [0.4, 0.5) is 0 Å². The second-order valence-electron chi connectivity index (χ2n) is 5.95. The molecule has 0 spiro atoms. The normalized spacial score (nSPS) is 18.6. The Morgan fingerprint density at radius 1 is 1.26 bits per heavy atom. The summed E-state index contributed by atoms with van der Waals surface area (Å²) in [6, 6.07) is 5.17. The highest BCUT2D eigenvalue weighted by Gasteiger charge is 2.16. The van der Waals surface area contributed by atoms with E-state index in [2.05, 4.69) is 29.8 Å². The van der Waals surface area contributed by atoms with Crippen LogP contribution in [0, 0.1) is 5.92 Å². The fourth-order valence-corrected chi connectivity index (χ4v) is 4.05. The van der Waals surface area contributed by atoms with E-state index in [0.717, 1.165) is 18.5 Å². The molecule has 19 heavy (non-hydrogen) atoms. The van der Waals surface area contributed by atoms with Crippen LogP contribution in [-0.4, -0.2) is 12.6 Å². The van der Waals surface area contributed by atoms with Crippen LogP contribution in [-0.2, 0) is 6.42 Å². The lowest BCUT2D eigenvalue weighted by Crippen LogP contribution is -2.30. The van der Waals surface area contributed by atoms with Crippen molar-refractivity contribution in [1.29, 1.82) is 0 Å². The van der Waals surface area contributed by atoms with E-state index in [-0.39, 0.29) is 0 Å². The molecule has 1 saturated carbocycles. The van der Waals surface area contributed by atoms with Gasteiger partial charge in [0, 0.05) is 10.9 Å². The highest BCUT2D eigenvalue weighted by molar-refractivity contribution is 7.09. The first-order valence-corrected chi connectivity index (χ1v) is 9.02. The van der Waals surface area contributed by atoms with E-state index in [1.165, 1.54) is 57.8 Å². The predicted molar refractivity (Wildman–Crippen MR) is 85.9 cm³/mol. The molecule has 0 bridgehead atoms. The van der Waals surface area contributed by atoms with Crippen LogP contribution in [0.15, 0.2) is 17.5 Å². The van der Waals surface area contributed by atoms with Gasteiger partial charge >= 0.3 is 0 Å². The first-order chi connectivity index (χ1) is 9.38. The number of nitrogens with one attached hydrogen (secondary N) is 1. The summed E-state index contributed by atoms with van der Waals surface area (Å²) < 4.78 is 0. The molecule has 1 nitrogen and oxygen atoms in total. The van der Waals surface area contributed by atoms with Crippen LogP contribution in [0.5, 0.6) is 0 Å². The molecule has 108 valence electrons. The molecule has 1 aromatic heterocycles. The summed E-state index contributed by atoms with van der Waals surface area (Å²) in [5, 5.41) is 5.88. The third-order valence-electron chi connectivity index (χ3n) is 4.46. The largest absolute Gasteiger partial charge is 0.314 e. The number of hydrogen-bond acceptors (Lipinski definition) is 2. The summed E-state index contributed by atoms with van der Waals surface area (Å²) in [6.45, 7) is 3.35. The van der Waals surface area contributed by atoms with E-state index in [9.17, 15) is 0 Å². The van der Waals surface area contributed by atoms with Crippen molar-refractivity contribution in [2.75, 3.05) is 6.54 Å². The first-order valence-electron chi connectivity index (χ1n) is 8.14. The SMILES string of the molecule is CCNC(CCc1cccs1)CCC1CCCCC1. The molecule has 0 amide bonds. The fourth-order valence-electron chi connectivity index (χ4n) is 3.32. The lowest BCUT2D eigenvalue weighted by Gasteiger charge is -2.24. The summed E-state index contributed by atoms with van der Waals surface area (Å²) in [7, 11) is 0. The van der Waals surface area contributed by atoms with E-state index >= 15 is 0 Å². The number of thiophene rings is 1.